The zero-order valence-electron chi connectivity index (χ0n) is 17.9. The molecule has 3 aliphatic rings. The standard InChI is InChI=1S/C20H26N6O3.CH2O2/c1-12-6-17(21)26(24-12)10-18(27)25-9-15-14(16-2-4-20(15,11-25)29-16)8-23-19(28)13-3-5-22-7-13;2-1-3/h3,5-7,14-16,22H,2,4,8-11,21H2,1H3,(H,23,28);1H,(H,2,3)/t14-,15+,16+,20+;/m0./s1. The van der Waals surface area contributed by atoms with E-state index in [1.807, 2.05) is 11.8 Å². The molecule has 0 radical (unpaired) electrons. The SMILES string of the molecule is Cc1cc(N)n(CC(=O)N2C[C@@H]3[C@H](CNC(=O)c4cc[nH]c4)[C@H]4CC[C@]3(C2)O4)n1.O=CO. The lowest BCUT2D eigenvalue weighted by Crippen LogP contribution is -2.41. The lowest BCUT2D eigenvalue weighted by atomic mass is 9.73. The number of amides is 2. The monoisotopic (exact) mass is 444 g/mol. The van der Waals surface area contributed by atoms with E-state index in [1.54, 1.807) is 29.2 Å². The maximum Gasteiger partial charge on any atom is 0.290 e. The molecule has 11 nitrogen and oxygen atoms in total. The minimum atomic E-state index is -0.268. The Hall–Kier alpha value is -3.34. The fourth-order valence-electron chi connectivity index (χ4n) is 5.35. The summed E-state index contributed by atoms with van der Waals surface area (Å²) in [5, 5.41) is 14.2. The van der Waals surface area contributed by atoms with E-state index in [1.165, 1.54) is 0 Å². The van der Waals surface area contributed by atoms with Crippen molar-refractivity contribution in [3.05, 3.63) is 35.8 Å². The Labute approximate surface area is 184 Å². The molecular formula is C21H28N6O5. The van der Waals surface area contributed by atoms with Crippen LogP contribution in [0.5, 0.6) is 0 Å². The number of carboxylic acid groups (broad SMARTS) is 1. The predicted octanol–water partition coefficient (Wildman–Crippen LogP) is 0.239. The largest absolute Gasteiger partial charge is 0.483 e. The Morgan fingerprint density at radius 2 is 2.28 bits per heavy atom. The molecule has 11 heteroatoms. The number of likely N-dealkylation sites (tertiary alicyclic amines) is 1. The van der Waals surface area contributed by atoms with Crippen molar-refractivity contribution in [3.8, 4) is 0 Å². The Kier molecular flexibility index (Phi) is 5.92. The van der Waals surface area contributed by atoms with E-state index < -0.39 is 0 Å². The molecule has 5 rings (SSSR count). The van der Waals surface area contributed by atoms with E-state index in [9.17, 15) is 9.59 Å². The summed E-state index contributed by atoms with van der Waals surface area (Å²) in [5.41, 5.74) is 7.09. The summed E-state index contributed by atoms with van der Waals surface area (Å²) in [6.45, 7) is 3.57. The first kappa shape index (κ1) is 21.9. The number of nitrogens with zero attached hydrogens (tertiary/aromatic N) is 3. The van der Waals surface area contributed by atoms with Crippen molar-refractivity contribution in [1.82, 2.24) is 25.0 Å². The summed E-state index contributed by atoms with van der Waals surface area (Å²) in [6.07, 6.45) is 5.53. The van der Waals surface area contributed by atoms with Crippen molar-refractivity contribution in [2.45, 2.75) is 38.0 Å². The van der Waals surface area contributed by atoms with Crippen molar-refractivity contribution in [2.75, 3.05) is 25.4 Å². The van der Waals surface area contributed by atoms with Crippen molar-refractivity contribution >= 4 is 24.1 Å². The maximum atomic E-state index is 12.9. The number of hydrogen-bond acceptors (Lipinski definition) is 6. The molecule has 3 aliphatic heterocycles. The van der Waals surface area contributed by atoms with Crippen LogP contribution in [0.4, 0.5) is 5.82 Å². The highest BCUT2D eigenvalue weighted by atomic mass is 16.5. The first-order valence-corrected chi connectivity index (χ1v) is 10.6. The van der Waals surface area contributed by atoms with Gasteiger partial charge in [-0.05, 0) is 25.8 Å². The number of ether oxygens (including phenoxy) is 1. The van der Waals surface area contributed by atoms with Gasteiger partial charge in [0.2, 0.25) is 5.91 Å². The number of aromatic amines is 1. The van der Waals surface area contributed by atoms with Crippen LogP contribution in [0.25, 0.3) is 0 Å². The van der Waals surface area contributed by atoms with E-state index in [2.05, 4.69) is 15.4 Å². The van der Waals surface area contributed by atoms with Crippen LogP contribution in [0, 0.1) is 18.8 Å². The van der Waals surface area contributed by atoms with Crippen molar-refractivity contribution in [3.63, 3.8) is 0 Å². The van der Waals surface area contributed by atoms with Gasteiger partial charge in [-0.1, -0.05) is 0 Å². The van der Waals surface area contributed by atoms with Gasteiger partial charge in [-0.3, -0.25) is 14.4 Å². The fourth-order valence-corrected chi connectivity index (χ4v) is 5.35. The molecule has 0 unspecified atom stereocenters. The van der Waals surface area contributed by atoms with Gasteiger partial charge in [0.15, 0.2) is 0 Å². The first-order valence-electron chi connectivity index (χ1n) is 10.6. The molecule has 2 bridgehead atoms. The molecule has 172 valence electrons. The van der Waals surface area contributed by atoms with E-state index in [4.69, 9.17) is 20.4 Å². The van der Waals surface area contributed by atoms with Gasteiger partial charge in [-0.2, -0.15) is 5.10 Å². The average Bonchev–Trinajstić information content (AvgIpc) is 3.55. The van der Waals surface area contributed by atoms with Crippen LogP contribution in [0.3, 0.4) is 0 Å². The first-order chi connectivity index (χ1) is 15.4. The lowest BCUT2D eigenvalue weighted by molar-refractivity contribution is -0.132. The molecule has 2 aromatic heterocycles. The van der Waals surface area contributed by atoms with Gasteiger partial charge in [-0.25, -0.2) is 4.68 Å². The summed E-state index contributed by atoms with van der Waals surface area (Å²) in [4.78, 5) is 38.3. The molecule has 3 saturated heterocycles. The number of nitrogens with two attached hydrogens (primary N) is 1. The molecule has 5 heterocycles. The van der Waals surface area contributed by atoms with E-state index in [0.717, 1.165) is 18.5 Å². The summed E-state index contributed by atoms with van der Waals surface area (Å²) < 4.78 is 7.93. The predicted molar refractivity (Wildman–Crippen MR) is 114 cm³/mol. The van der Waals surface area contributed by atoms with Gasteiger partial charge in [0.05, 0.1) is 29.5 Å². The van der Waals surface area contributed by atoms with Crippen LogP contribution < -0.4 is 11.1 Å². The number of carbonyl (C=O) groups excluding carboxylic acids is 2. The lowest BCUT2D eigenvalue weighted by Gasteiger charge is -2.29. The third-order valence-electron chi connectivity index (χ3n) is 6.71. The molecule has 0 saturated carbocycles. The molecule has 5 N–H and O–H groups in total. The van der Waals surface area contributed by atoms with E-state index >= 15 is 0 Å². The van der Waals surface area contributed by atoms with Crippen LogP contribution >= 0.6 is 0 Å². The molecule has 2 amide bonds. The number of hydrogen-bond donors (Lipinski definition) is 4. The Balaban J connectivity index is 0.000000775. The summed E-state index contributed by atoms with van der Waals surface area (Å²) in [5.74, 6) is 0.884. The van der Waals surface area contributed by atoms with Gasteiger partial charge < -0.3 is 30.8 Å². The number of fused-ring (bicyclic) bond motifs is 1. The van der Waals surface area contributed by atoms with Gasteiger partial charge in [0.1, 0.15) is 12.4 Å². The molecule has 32 heavy (non-hydrogen) atoms. The highest BCUT2D eigenvalue weighted by molar-refractivity contribution is 5.93. The number of aromatic nitrogens is 3. The van der Waals surface area contributed by atoms with Crippen molar-refractivity contribution in [1.29, 1.82) is 0 Å². The molecule has 0 aromatic carbocycles. The van der Waals surface area contributed by atoms with Gasteiger partial charge in [0.25, 0.3) is 12.4 Å². The molecular weight excluding hydrogens is 416 g/mol. The number of anilines is 1. The topological polar surface area (TPSA) is 156 Å². The van der Waals surface area contributed by atoms with Crippen LogP contribution in [0.15, 0.2) is 24.5 Å². The van der Waals surface area contributed by atoms with Crippen LogP contribution in [-0.2, 0) is 20.9 Å². The smallest absolute Gasteiger partial charge is 0.290 e. The minimum Gasteiger partial charge on any atom is -0.483 e. The molecule has 4 atom stereocenters. The number of rotatable bonds is 5. The van der Waals surface area contributed by atoms with Gasteiger partial charge in [-0.15, -0.1) is 0 Å². The number of nitrogen functional groups attached to an aromatic ring is 1. The number of H-pyrrole nitrogens is 1. The third kappa shape index (κ3) is 3.95. The molecule has 0 aliphatic carbocycles. The van der Waals surface area contributed by atoms with Crippen LogP contribution in [0.2, 0.25) is 0 Å². The van der Waals surface area contributed by atoms with Crippen molar-refractivity contribution < 1.29 is 24.2 Å². The molecule has 2 aromatic rings. The number of nitrogens with one attached hydrogen (secondary N) is 2. The summed E-state index contributed by atoms with van der Waals surface area (Å²) in [6, 6.07) is 3.52. The second-order valence-corrected chi connectivity index (χ2v) is 8.59. The van der Waals surface area contributed by atoms with E-state index in [0.29, 0.717) is 31.0 Å². The molecule has 3 fully saturated rings. The van der Waals surface area contributed by atoms with Gasteiger partial charge >= 0.3 is 0 Å². The maximum absolute atomic E-state index is 12.9. The minimum absolute atomic E-state index is 0.00531. The Bertz CT molecular complexity index is 989. The quantitative estimate of drug-likeness (QED) is 0.481. The van der Waals surface area contributed by atoms with Gasteiger partial charge in [0, 0.05) is 43.4 Å². The van der Waals surface area contributed by atoms with Crippen molar-refractivity contribution in [2.24, 2.45) is 11.8 Å². The second-order valence-electron chi connectivity index (χ2n) is 8.59. The Morgan fingerprint density at radius 3 is 2.94 bits per heavy atom. The number of aryl methyl sites for hydroxylation is 1. The second kappa shape index (κ2) is 8.65. The average molecular weight is 444 g/mol. The Morgan fingerprint density at radius 1 is 1.50 bits per heavy atom. The summed E-state index contributed by atoms with van der Waals surface area (Å²) in [7, 11) is 0. The third-order valence-corrected chi connectivity index (χ3v) is 6.71. The van der Waals surface area contributed by atoms with Crippen LogP contribution in [0.1, 0.15) is 28.9 Å². The highest BCUT2D eigenvalue weighted by Gasteiger charge is 2.63. The van der Waals surface area contributed by atoms with E-state index in [-0.39, 0.29) is 48.4 Å². The zero-order valence-corrected chi connectivity index (χ0v) is 17.9. The normalized spacial score (nSPS) is 27.5. The summed E-state index contributed by atoms with van der Waals surface area (Å²) >= 11 is 0. The number of carbonyl (C=O) groups is 3. The fraction of sp³-hybridized carbons (Fsp3) is 0.524. The zero-order chi connectivity index (χ0) is 22.9. The highest BCUT2D eigenvalue weighted by Crippen LogP contribution is 2.54. The molecule has 1 spiro atoms. The van der Waals surface area contributed by atoms with Crippen LogP contribution in [-0.4, -0.2) is 74.4 Å².